The molecule has 0 saturated carbocycles. The van der Waals surface area contributed by atoms with Crippen LogP contribution in [0, 0.1) is 11.8 Å². The molecule has 23 heavy (non-hydrogen) atoms. The maximum Gasteiger partial charge on any atom is 0.119 e. The summed E-state index contributed by atoms with van der Waals surface area (Å²) in [7, 11) is 1.23. The molecule has 2 unspecified atom stereocenters. The van der Waals surface area contributed by atoms with Gasteiger partial charge in [-0.2, -0.15) is 0 Å². The van der Waals surface area contributed by atoms with Crippen LogP contribution in [0.25, 0.3) is 0 Å². The summed E-state index contributed by atoms with van der Waals surface area (Å²) >= 11 is 0. The van der Waals surface area contributed by atoms with Crippen molar-refractivity contribution in [3.63, 3.8) is 0 Å². The van der Waals surface area contributed by atoms with Crippen LogP contribution in [0.5, 0.6) is 0 Å². The number of hydrogen-bond acceptors (Lipinski definition) is 3. The van der Waals surface area contributed by atoms with E-state index in [9.17, 15) is 0 Å². The van der Waals surface area contributed by atoms with E-state index < -0.39 is 0 Å². The van der Waals surface area contributed by atoms with Gasteiger partial charge in [0.25, 0.3) is 0 Å². The Bertz CT molecular complexity index is 279. The van der Waals surface area contributed by atoms with Gasteiger partial charge in [0.05, 0.1) is 0 Å². The molecule has 0 amide bonds. The minimum atomic E-state index is 1.02. The van der Waals surface area contributed by atoms with Gasteiger partial charge in [-0.15, -0.1) is 8.58 Å². The van der Waals surface area contributed by atoms with E-state index in [0.717, 1.165) is 11.8 Å². The lowest BCUT2D eigenvalue weighted by atomic mass is 10.0. The van der Waals surface area contributed by atoms with Crippen LogP contribution in [0.15, 0.2) is 19.0 Å². The van der Waals surface area contributed by atoms with Crippen LogP contribution < -0.4 is 0 Å². The van der Waals surface area contributed by atoms with Gasteiger partial charge in [0.2, 0.25) is 0 Å². The molecule has 0 aliphatic carbocycles. The molecule has 3 nitrogen and oxygen atoms in total. The highest BCUT2D eigenvalue weighted by Gasteiger charge is 2.09. The topological polar surface area (TPSA) is 38.7 Å². The summed E-state index contributed by atoms with van der Waals surface area (Å²) in [5.41, 5.74) is 0. The minimum Gasteiger partial charge on any atom is -0.225 e. The molecule has 4 heteroatoms. The highest BCUT2D eigenvalue weighted by Crippen LogP contribution is 2.27. The number of aromatic nitrogens is 3. The van der Waals surface area contributed by atoms with Gasteiger partial charge in [-0.3, -0.25) is 0 Å². The molecule has 1 aromatic rings. The standard InChI is InChI=1S/C16H35P.C3H3N3/c1-5-9-11-15(7-3)13-17-14-16(8-4)12-10-6-2;1-4-2-6-3-5-1/h15-17H,5-14H2,1-4H3;1-3H. The number of unbranched alkanes of at least 4 members (excludes halogenated alkanes) is 2. The van der Waals surface area contributed by atoms with Gasteiger partial charge in [0.15, 0.2) is 0 Å². The molecule has 0 saturated heterocycles. The van der Waals surface area contributed by atoms with Crippen molar-refractivity contribution in [3.8, 4) is 0 Å². The fourth-order valence-electron chi connectivity index (χ4n) is 2.58. The average molecular weight is 340 g/mol. The molecule has 0 N–H and O–H groups in total. The Labute approximate surface area is 146 Å². The zero-order chi connectivity index (χ0) is 17.2. The number of rotatable bonds is 12. The first-order valence-electron chi connectivity index (χ1n) is 9.53. The van der Waals surface area contributed by atoms with E-state index in [1.54, 1.807) is 0 Å². The third-order valence-corrected chi connectivity index (χ3v) is 6.08. The van der Waals surface area contributed by atoms with Gasteiger partial charge in [-0.1, -0.05) is 79.1 Å². The first-order chi connectivity index (χ1) is 11.3. The molecule has 0 fully saturated rings. The van der Waals surface area contributed by atoms with Crippen molar-refractivity contribution in [3.05, 3.63) is 19.0 Å². The molecule has 134 valence electrons. The molecule has 0 radical (unpaired) electrons. The van der Waals surface area contributed by atoms with E-state index in [4.69, 9.17) is 0 Å². The summed E-state index contributed by atoms with van der Waals surface area (Å²) in [6, 6.07) is 0. The zero-order valence-corrected chi connectivity index (χ0v) is 16.8. The minimum absolute atomic E-state index is 1.02. The molecule has 0 aromatic carbocycles. The second-order valence-electron chi connectivity index (χ2n) is 6.28. The van der Waals surface area contributed by atoms with E-state index in [-0.39, 0.29) is 0 Å². The van der Waals surface area contributed by atoms with E-state index >= 15 is 0 Å². The van der Waals surface area contributed by atoms with E-state index in [2.05, 4.69) is 42.6 Å². The predicted molar refractivity (Wildman–Crippen MR) is 104 cm³/mol. The number of hydrogen-bond donors (Lipinski definition) is 0. The van der Waals surface area contributed by atoms with E-state index in [1.165, 1.54) is 91.3 Å². The summed E-state index contributed by atoms with van der Waals surface area (Å²) in [6.45, 7) is 9.37. The molecule has 0 spiro atoms. The highest BCUT2D eigenvalue weighted by molar-refractivity contribution is 7.38. The van der Waals surface area contributed by atoms with E-state index in [1.807, 2.05) is 0 Å². The van der Waals surface area contributed by atoms with Crippen molar-refractivity contribution in [1.82, 2.24) is 15.0 Å². The van der Waals surface area contributed by atoms with Gasteiger partial charge in [0.1, 0.15) is 19.0 Å². The van der Waals surface area contributed by atoms with Crippen molar-refractivity contribution in [2.45, 2.75) is 79.1 Å². The quantitative estimate of drug-likeness (QED) is 0.440. The Morgan fingerprint density at radius 1 is 0.696 bits per heavy atom. The average Bonchev–Trinajstić information content (AvgIpc) is 2.62. The van der Waals surface area contributed by atoms with E-state index in [0.29, 0.717) is 0 Å². The van der Waals surface area contributed by atoms with Crippen LogP contribution >= 0.6 is 8.58 Å². The first kappa shape index (κ1) is 22.4. The van der Waals surface area contributed by atoms with Gasteiger partial charge >= 0.3 is 0 Å². The third kappa shape index (κ3) is 14.7. The molecule has 0 bridgehead atoms. The summed E-state index contributed by atoms with van der Waals surface area (Å²) in [5, 5.41) is 0. The van der Waals surface area contributed by atoms with Crippen LogP contribution in [0.4, 0.5) is 0 Å². The van der Waals surface area contributed by atoms with Crippen molar-refractivity contribution < 1.29 is 0 Å². The maximum atomic E-state index is 3.56. The first-order valence-corrected chi connectivity index (χ1v) is 10.9. The van der Waals surface area contributed by atoms with Gasteiger partial charge in [-0.05, 0) is 24.2 Å². The molecule has 1 rings (SSSR count). The van der Waals surface area contributed by atoms with Gasteiger partial charge in [0, 0.05) is 0 Å². The maximum absolute atomic E-state index is 3.56. The second kappa shape index (κ2) is 17.8. The van der Waals surface area contributed by atoms with Gasteiger partial charge < -0.3 is 0 Å². The highest BCUT2D eigenvalue weighted by atomic mass is 31.1. The lowest BCUT2D eigenvalue weighted by Gasteiger charge is -2.18. The Hall–Kier alpha value is -0.560. The Morgan fingerprint density at radius 2 is 1.09 bits per heavy atom. The van der Waals surface area contributed by atoms with Crippen LogP contribution in [0.3, 0.4) is 0 Å². The Balaban J connectivity index is 0.000000664. The smallest absolute Gasteiger partial charge is 0.119 e. The summed E-state index contributed by atoms with van der Waals surface area (Å²) < 4.78 is 0. The molecular weight excluding hydrogens is 301 g/mol. The summed E-state index contributed by atoms with van der Waals surface area (Å²) in [6.07, 6.45) is 18.7. The lowest BCUT2D eigenvalue weighted by Crippen LogP contribution is -2.06. The zero-order valence-electron chi connectivity index (χ0n) is 15.8. The molecule has 1 aromatic heterocycles. The number of nitrogens with zero attached hydrogens (tertiary/aromatic N) is 3. The van der Waals surface area contributed by atoms with Crippen LogP contribution in [-0.4, -0.2) is 27.3 Å². The van der Waals surface area contributed by atoms with Crippen molar-refractivity contribution >= 4 is 8.58 Å². The van der Waals surface area contributed by atoms with Crippen molar-refractivity contribution in [1.29, 1.82) is 0 Å². The summed E-state index contributed by atoms with van der Waals surface area (Å²) in [5.74, 6) is 2.05. The predicted octanol–water partition coefficient (Wildman–Crippen LogP) is 5.97. The molecule has 0 aliphatic heterocycles. The monoisotopic (exact) mass is 339 g/mol. The molecule has 2 atom stereocenters. The van der Waals surface area contributed by atoms with Crippen LogP contribution in [0.2, 0.25) is 0 Å². The molecular formula is C19H38N3P. The third-order valence-electron chi connectivity index (χ3n) is 4.35. The lowest BCUT2D eigenvalue weighted by molar-refractivity contribution is 0.486. The fourth-order valence-corrected chi connectivity index (χ4v) is 4.55. The Kier molecular flexibility index (Phi) is 17.4. The van der Waals surface area contributed by atoms with Crippen molar-refractivity contribution in [2.24, 2.45) is 11.8 Å². The molecule has 0 aliphatic rings. The van der Waals surface area contributed by atoms with Crippen molar-refractivity contribution in [2.75, 3.05) is 12.3 Å². The van der Waals surface area contributed by atoms with Crippen LogP contribution in [0.1, 0.15) is 79.1 Å². The second-order valence-corrected chi connectivity index (χ2v) is 7.60. The Morgan fingerprint density at radius 3 is 1.35 bits per heavy atom. The van der Waals surface area contributed by atoms with Gasteiger partial charge in [-0.25, -0.2) is 15.0 Å². The normalized spacial score (nSPS) is 13.6. The fraction of sp³-hybridized carbons (Fsp3) is 0.842. The largest absolute Gasteiger partial charge is 0.225 e. The van der Waals surface area contributed by atoms with Crippen LogP contribution in [-0.2, 0) is 0 Å². The molecule has 1 heterocycles. The summed E-state index contributed by atoms with van der Waals surface area (Å²) in [4.78, 5) is 10.7. The SMILES string of the molecule is CCCCC(CC)CPCC(CC)CCCC.c1ncncn1.